The average molecular weight is 257 g/mol. The zero-order valence-electron chi connectivity index (χ0n) is 8.90. The van der Waals surface area contributed by atoms with Crippen molar-refractivity contribution in [2.24, 2.45) is 0 Å². The van der Waals surface area contributed by atoms with Crippen LogP contribution < -0.4 is 0 Å². The minimum atomic E-state index is -3.71. The summed E-state index contributed by atoms with van der Waals surface area (Å²) in [6.45, 7) is 1.55. The summed E-state index contributed by atoms with van der Waals surface area (Å²) in [5.74, 6) is -4.21. The number of hydrogen-bond acceptors (Lipinski definition) is 0. The highest BCUT2D eigenvalue weighted by Gasteiger charge is 2.67. The highest BCUT2D eigenvalue weighted by Crippen LogP contribution is 2.59. The van der Waals surface area contributed by atoms with E-state index in [0.29, 0.717) is 16.7 Å². The van der Waals surface area contributed by atoms with Gasteiger partial charge in [-0.25, -0.2) is 13.2 Å². The number of hydrogen-bond donors (Lipinski definition) is 0. The van der Waals surface area contributed by atoms with E-state index in [-0.39, 0.29) is 11.8 Å². The molecule has 1 aromatic carbocycles. The van der Waals surface area contributed by atoms with Gasteiger partial charge in [0.1, 0.15) is 5.92 Å². The summed E-state index contributed by atoms with van der Waals surface area (Å²) >= 11 is 5.48. The summed E-state index contributed by atoms with van der Waals surface area (Å²) in [5.41, 5.74) is 1.07. The molecule has 0 amide bonds. The summed E-state index contributed by atoms with van der Waals surface area (Å²) in [7, 11) is 0. The van der Waals surface area contributed by atoms with Gasteiger partial charge in [-0.1, -0.05) is 47.5 Å². The van der Waals surface area contributed by atoms with Gasteiger partial charge in [0, 0.05) is 0 Å². The molecule has 0 fully saturated rings. The van der Waals surface area contributed by atoms with E-state index in [1.807, 2.05) is 0 Å². The van der Waals surface area contributed by atoms with Crippen LogP contribution in [0.25, 0.3) is 0 Å². The molecule has 6 rings (SSSR count). The highest BCUT2D eigenvalue weighted by molar-refractivity contribution is 6.26. The van der Waals surface area contributed by atoms with Gasteiger partial charge in [-0.3, -0.25) is 0 Å². The zero-order valence-corrected chi connectivity index (χ0v) is 9.65. The normalized spacial score (nSPS) is 31.2. The van der Waals surface area contributed by atoms with Crippen molar-refractivity contribution in [1.29, 1.82) is 0 Å². The van der Waals surface area contributed by atoms with E-state index in [1.54, 1.807) is 31.2 Å². The zero-order chi connectivity index (χ0) is 12.4. The molecule has 17 heavy (non-hydrogen) atoms. The predicted octanol–water partition coefficient (Wildman–Crippen LogP) is 4.05. The topological polar surface area (TPSA) is 0 Å². The van der Waals surface area contributed by atoms with Crippen LogP contribution in [0, 0.1) is 11.8 Å². The van der Waals surface area contributed by atoms with Gasteiger partial charge in [0.2, 0.25) is 0 Å². The maximum Gasteiger partial charge on any atom is 0.311 e. The van der Waals surface area contributed by atoms with Crippen LogP contribution in [0.1, 0.15) is 18.1 Å². The molecule has 4 bridgehead atoms. The van der Waals surface area contributed by atoms with Gasteiger partial charge < -0.3 is 0 Å². The minimum absolute atomic E-state index is 0.170. The lowest BCUT2D eigenvalue weighted by Gasteiger charge is -2.43. The van der Waals surface area contributed by atoms with Crippen molar-refractivity contribution in [1.82, 2.24) is 0 Å². The number of benzene rings is 1. The Morgan fingerprint density at radius 2 is 1.53 bits per heavy atom. The largest absolute Gasteiger partial charge is 0.311 e. The Bertz CT molecular complexity index is 502. The lowest BCUT2D eigenvalue weighted by Crippen LogP contribution is -2.52. The molecule has 0 spiro atoms. The van der Waals surface area contributed by atoms with Crippen molar-refractivity contribution in [3.05, 3.63) is 58.9 Å². The third-order valence-corrected chi connectivity index (χ3v) is 3.73. The van der Waals surface area contributed by atoms with Gasteiger partial charge in [-0.2, -0.15) is 0 Å². The first-order chi connectivity index (χ1) is 7.85. The molecule has 5 aliphatic rings. The van der Waals surface area contributed by atoms with Crippen LogP contribution in [-0.2, 0) is 0 Å². The molecule has 0 saturated heterocycles. The molecule has 1 aromatic rings. The monoisotopic (exact) mass is 256 g/mol. The smallest absolute Gasteiger partial charge is 0.218 e. The number of rotatable bonds is 0. The third kappa shape index (κ3) is 1.21. The molecule has 0 N–H and O–H groups in total. The second kappa shape index (κ2) is 3.08. The fourth-order valence-electron chi connectivity index (χ4n) is 2.44. The predicted molar refractivity (Wildman–Crippen MR) is 59.5 cm³/mol. The van der Waals surface area contributed by atoms with Crippen LogP contribution in [0.5, 0.6) is 0 Å². The molecule has 0 nitrogen and oxygen atoms in total. The van der Waals surface area contributed by atoms with Crippen LogP contribution in [0.4, 0.5) is 13.2 Å². The second-order valence-corrected chi connectivity index (χ2v) is 4.86. The van der Waals surface area contributed by atoms with E-state index < -0.39 is 11.1 Å². The fourth-order valence-corrected chi connectivity index (χ4v) is 2.70. The van der Waals surface area contributed by atoms with Crippen molar-refractivity contribution >= 4 is 11.6 Å². The summed E-state index contributed by atoms with van der Waals surface area (Å²) in [5, 5.41) is -3.17. The van der Waals surface area contributed by atoms with Gasteiger partial charge in [0.05, 0.1) is 5.92 Å². The van der Waals surface area contributed by atoms with Gasteiger partial charge in [-0.15, -0.1) is 0 Å². The lowest BCUT2D eigenvalue weighted by atomic mass is 9.70. The molecule has 88 valence electrons. The van der Waals surface area contributed by atoms with Gasteiger partial charge in [0.15, 0.2) is 0 Å². The van der Waals surface area contributed by atoms with E-state index in [2.05, 4.69) is 0 Å². The van der Waals surface area contributed by atoms with Crippen molar-refractivity contribution in [2.45, 2.75) is 18.0 Å². The Balaban J connectivity index is 2.37. The van der Waals surface area contributed by atoms with E-state index in [0.717, 1.165) is 0 Å². The average Bonchev–Trinajstić information content (AvgIpc) is 2.22. The number of allylic oxidation sites excluding steroid dienone is 2. The van der Waals surface area contributed by atoms with E-state index >= 15 is 0 Å². The first kappa shape index (κ1) is 11.1. The molecule has 5 aliphatic carbocycles. The molecule has 0 saturated carbocycles. The van der Waals surface area contributed by atoms with Crippen LogP contribution >= 0.6 is 11.6 Å². The maximum atomic E-state index is 14.2. The Labute approximate surface area is 102 Å². The SMILES string of the molecule is CC1=C[C]2c3ccc(cc3)[C]1C(F)(F)C2(F)Cl. The molecule has 1 atom stereocenters. The van der Waals surface area contributed by atoms with Crippen molar-refractivity contribution in [3.8, 4) is 0 Å². The fraction of sp³-hybridized carbons (Fsp3) is 0.231. The Morgan fingerprint density at radius 3 is 2.12 bits per heavy atom. The van der Waals surface area contributed by atoms with Crippen LogP contribution in [0.15, 0.2) is 35.9 Å². The Morgan fingerprint density at radius 1 is 1.00 bits per heavy atom. The first-order valence-electron chi connectivity index (χ1n) is 5.15. The van der Waals surface area contributed by atoms with Crippen LogP contribution in [-0.4, -0.2) is 11.1 Å². The van der Waals surface area contributed by atoms with Crippen LogP contribution in [0.2, 0.25) is 0 Å². The third-order valence-electron chi connectivity index (χ3n) is 3.29. The van der Waals surface area contributed by atoms with Crippen molar-refractivity contribution in [2.75, 3.05) is 0 Å². The molecule has 0 heterocycles. The first-order valence-corrected chi connectivity index (χ1v) is 5.53. The number of alkyl halides is 4. The summed E-state index contributed by atoms with van der Waals surface area (Å²) < 4.78 is 42.5. The lowest BCUT2D eigenvalue weighted by molar-refractivity contribution is -0.0671. The number of halogens is 4. The van der Waals surface area contributed by atoms with Gasteiger partial charge in [0.25, 0.3) is 5.13 Å². The minimum Gasteiger partial charge on any atom is -0.218 e. The summed E-state index contributed by atoms with van der Waals surface area (Å²) in [6.07, 6.45) is 1.40. The second-order valence-electron chi connectivity index (χ2n) is 4.34. The Hall–Kier alpha value is -0.960. The molecular formula is C13H8ClF3. The maximum absolute atomic E-state index is 14.2. The molecule has 0 aromatic heterocycles. The van der Waals surface area contributed by atoms with Crippen LogP contribution in [0.3, 0.4) is 0 Å². The standard InChI is InChI=1S/C13H8ClF3/c1-7-6-10-8-2-4-9(5-3-8)11(7)13(16,17)12(10,14)15/h2-6H,1H3. The van der Waals surface area contributed by atoms with Crippen molar-refractivity contribution < 1.29 is 13.2 Å². The molecular weight excluding hydrogens is 249 g/mol. The summed E-state index contributed by atoms with van der Waals surface area (Å²) in [4.78, 5) is 0. The van der Waals surface area contributed by atoms with E-state index in [1.165, 1.54) is 6.08 Å². The van der Waals surface area contributed by atoms with Crippen molar-refractivity contribution in [3.63, 3.8) is 0 Å². The van der Waals surface area contributed by atoms with E-state index in [4.69, 9.17) is 11.6 Å². The quantitative estimate of drug-likeness (QED) is 0.615. The summed E-state index contributed by atoms with van der Waals surface area (Å²) in [6, 6.07) is 6.36. The van der Waals surface area contributed by atoms with Gasteiger partial charge >= 0.3 is 5.92 Å². The Kier molecular flexibility index (Phi) is 2.02. The van der Waals surface area contributed by atoms with Gasteiger partial charge in [-0.05, 0) is 18.1 Å². The molecule has 0 aliphatic heterocycles. The molecule has 2 radical (unpaired) electrons. The highest BCUT2D eigenvalue weighted by atomic mass is 35.5. The molecule has 4 heteroatoms. The van der Waals surface area contributed by atoms with E-state index in [9.17, 15) is 13.2 Å². The molecule has 1 unspecified atom stereocenters.